The number of nitrogen functional groups attached to an aromatic ring is 1. The number of aromatic nitrogens is 1. The number of anilines is 1. The molecule has 0 radical (unpaired) electrons. The van der Waals surface area contributed by atoms with E-state index < -0.39 is 11.9 Å². The fourth-order valence-electron chi connectivity index (χ4n) is 3.31. The summed E-state index contributed by atoms with van der Waals surface area (Å²) >= 11 is 0. The van der Waals surface area contributed by atoms with Crippen LogP contribution in [0.2, 0.25) is 0 Å². The highest BCUT2D eigenvalue weighted by Crippen LogP contribution is 2.32. The van der Waals surface area contributed by atoms with Gasteiger partial charge in [-0.1, -0.05) is 0 Å². The number of carbonyl (C=O) groups is 1. The number of aliphatic imine (C=N–C) groups is 1. The van der Waals surface area contributed by atoms with Gasteiger partial charge in [0.2, 0.25) is 0 Å². The molecule has 9 heteroatoms. The molecule has 0 saturated heterocycles. The fraction of sp³-hybridized carbons (Fsp3) is 0.238. The van der Waals surface area contributed by atoms with E-state index in [0.717, 1.165) is 0 Å². The molecule has 0 aliphatic carbocycles. The maximum absolute atomic E-state index is 13.9. The normalized spacial score (nSPS) is 19.8. The van der Waals surface area contributed by atoms with Gasteiger partial charge in [-0.3, -0.25) is 9.79 Å². The molecule has 154 valence electrons. The number of nitrogens with zero attached hydrogens (tertiary/aromatic N) is 4. The van der Waals surface area contributed by atoms with Crippen LogP contribution in [0, 0.1) is 17.1 Å². The quantitative estimate of drug-likeness (QED) is 0.696. The number of halogens is 1. The second-order valence-electron chi connectivity index (χ2n) is 6.84. The van der Waals surface area contributed by atoms with Crippen molar-refractivity contribution in [1.82, 2.24) is 9.88 Å². The van der Waals surface area contributed by atoms with Crippen LogP contribution in [0.3, 0.4) is 0 Å². The number of carbonyl (C=O) groups excluding carboxylic acids is 1. The second kappa shape index (κ2) is 8.21. The SMILES string of the molecule is CN=C(C#N)/C1=C(\N)CN(C)C(=O)c2ccc(F)cc2C(C)Oc2cc1cnc2N. The largest absolute Gasteiger partial charge is 0.482 e. The van der Waals surface area contributed by atoms with Crippen LogP contribution in [-0.2, 0) is 0 Å². The number of hydrogen-bond acceptors (Lipinski definition) is 7. The number of rotatable bonds is 1. The Morgan fingerprint density at radius 2 is 2.13 bits per heavy atom. The summed E-state index contributed by atoms with van der Waals surface area (Å²) in [4.78, 5) is 22.6. The van der Waals surface area contributed by atoms with E-state index in [1.165, 1.54) is 36.3 Å². The average Bonchev–Trinajstić information content (AvgIpc) is 2.72. The Balaban J connectivity index is 2.29. The number of amides is 1. The molecule has 0 saturated carbocycles. The predicted octanol–water partition coefficient (Wildman–Crippen LogP) is 2.29. The Morgan fingerprint density at radius 1 is 1.40 bits per heavy atom. The molecule has 1 amide bonds. The maximum atomic E-state index is 13.9. The number of ether oxygens (including phenoxy) is 1. The van der Waals surface area contributed by atoms with Crippen LogP contribution in [0.15, 0.2) is 41.2 Å². The van der Waals surface area contributed by atoms with Gasteiger partial charge in [-0.25, -0.2) is 9.37 Å². The van der Waals surface area contributed by atoms with E-state index in [0.29, 0.717) is 16.7 Å². The van der Waals surface area contributed by atoms with Gasteiger partial charge in [0, 0.05) is 48.3 Å². The van der Waals surface area contributed by atoms with E-state index in [4.69, 9.17) is 16.2 Å². The van der Waals surface area contributed by atoms with Crippen molar-refractivity contribution < 1.29 is 13.9 Å². The standard InChI is InChI=1S/C21H21FN6O2/c1-11-15-7-13(22)4-5-14(15)21(29)28(3)10-16(24)19(17(8-23)26-2)12-6-18(30-11)20(25)27-9-12/h4-7,9,11H,10,24H2,1-3H3,(H2,25,27)/b19-16-,26-17?. The zero-order valence-corrected chi connectivity index (χ0v) is 16.8. The lowest BCUT2D eigenvalue weighted by Gasteiger charge is -2.25. The number of pyridine rings is 1. The van der Waals surface area contributed by atoms with Crippen molar-refractivity contribution in [2.24, 2.45) is 10.7 Å². The third-order valence-electron chi connectivity index (χ3n) is 4.80. The highest BCUT2D eigenvalue weighted by atomic mass is 19.1. The van der Waals surface area contributed by atoms with Gasteiger partial charge < -0.3 is 21.1 Å². The van der Waals surface area contributed by atoms with Gasteiger partial charge in [-0.05, 0) is 31.2 Å². The van der Waals surface area contributed by atoms with Crippen molar-refractivity contribution in [3.8, 4) is 11.8 Å². The monoisotopic (exact) mass is 408 g/mol. The first-order valence-corrected chi connectivity index (χ1v) is 9.10. The summed E-state index contributed by atoms with van der Waals surface area (Å²) in [5, 5.41) is 9.52. The number of hydrogen-bond donors (Lipinski definition) is 2. The molecule has 0 fully saturated rings. The van der Waals surface area contributed by atoms with E-state index >= 15 is 0 Å². The first-order valence-electron chi connectivity index (χ1n) is 9.10. The van der Waals surface area contributed by atoms with Crippen molar-refractivity contribution in [2.45, 2.75) is 13.0 Å². The second-order valence-corrected chi connectivity index (χ2v) is 6.84. The zero-order chi connectivity index (χ0) is 22.0. The van der Waals surface area contributed by atoms with Crippen LogP contribution in [-0.4, -0.2) is 42.1 Å². The highest BCUT2D eigenvalue weighted by molar-refractivity contribution is 6.32. The Bertz CT molecular complexity index is 1120. The Hall–Kier alpha value is -3.93. The van der Waals surface area contributed by atoms with E-state index in [2.05, 4.69) is 9.98 Å². The average molecular weight is 408 g/mol. The minimum Gasteiger partial charge on any atom is -0.482 e. The number of likely N-dealkylation sites (N-methyl/N-ethyl adjacent to an activating group) is 1. The van der Waals surface area contributed by atoms with Gasteiger partial charge in [0.15, 0.2) is 11.6 Å². The lowest BCUT2D eigenvalue weighted by molar-refractivity contribution is 0.0801. The van der Waals surface area contributed by atoms with E-state index in [9.17, 15) is 14.4 Å². The van der Waals surface area contributed by atoms with Crippen LogP contribution in [0.1, 0.15) is 34.5 Å². The van der Waals surface area contributed by atoms with Crippen molar-refractivity contribution >= 4 is 23.0 Å². The third kappa shape index (κ3) is 3.80. The zero-order valence-electron chi connectivity index (χ0n) is 16.8. The van der Waals surface area contributed by atoms with E-state index in [1.807, 2.05) is 6.07 Å². The van der Waals surface area contributed by atoms with Crippen molar-refractivity contribution in [2.75, 3.05) is 26.4 Å². The summed E-state index contributed by atoms with van der Waals surface area (Å²) in [7, 11) is 3.04. The highest BCUT2D eigenvalue weighted by Gasteiger charge is 2.25. The number of benzene rings is 1. The number of allylic oxidation sites excluding steroid dienone is 1. The molecule has 1 atom stereocenters. The summed E-state index contributed by atoms with van der Waals surface area (Å²) in [6.07, 6.45) is 0.755. The van der Waals surface area contributed by atoms with Crippen LogP contribution >= 0.6 is 0 Å². The van der Waals surface area contributed by atoms with Crippen molar-refractivity contribution in [1.29, 1.82) is 5.26 Å². The number of nitriles is 1. The van der Waals surface area contributed by atoms with Crippen LogP contribution in [0.5, 0.6) is 5.75 Å². The van der Waals surface area contributed by atoms with Crippen molar-refractivity contribution in [3.05, 3.63) is 58.7 Å². The number of nitrogens with two attached hydrogens (primary N) is 2. The van der Waals surface area contributed by atoms with Gasteiger partial charge in [0.25, 0.3) is 5.91 Å². The van der Waals surface area contributed by atoms with Gasteiger partial charge >= 0.3 is 0 Å². The lowest BCUT2D eigenvalue weighted by atomic mass is 9.98. The molecule has 3 rings (SSSR count). The Labute approximate surface area is 173 Å². The molecule has 4 N–H and O–H groups in total. The number of fused-ring (bicyclic) bond motifs is 3. The molecule has 1 aliphatic heterocycles. The maximum Gasteiger partial charge on any atom is 0.254 e. The van der Waals surface area contributed by atoms with Crippen LogP contribution in [0.4, 0.5) is 10.2 Å². The van der Waals surface area contributed by atoms with Crippen molar-refractivity contribution in [3.63, 3.8) is 0 Å². The summed E-state index contributed by atoms with van der Waals surface area (Å²) in [6.45, 7) is 1.70. The summed E-state index contributed by atoms with van der Waals surface area (Å²) in [5.74, 6) is -0.541. The van der Waals surface area contributed by atoms with Gasteiger partial charge in [-0.2, -0.15) is 5.26 Å². The molecule has 2 bridgehead atoms. The smallest absolute Gasteiger partial charge is 0.254 e. The molecule has 8 nitrogen and oxygen atoms in total. The third-order valence-corrected chi connectivity index (χ3v) is 4.80. The van der Waals surface area contributed by atoms with E-state index in [1.54, 1.807) is 20.0 Å². The molecule has 1 aromatic carbocycles. The molecular formula is C21H21FN6O2. The van der Waals surface area contributed by atoms with Gasteiger partial charge in [0.05, 0.1) is 6.54 Å². The molecule has 2 aromatic rings. The fourth-order valence-corrected chi connectivity index (χ4v) is 3.31. The molecule has 1 aliphatic rings. The molecule has 0 spiro atoms. The molecular weight excluding hydrogens is 387 g/mol. The molecule has 1 aromatic heterocycles. The molecule has 30 heavy (non-hydrogen) atoms. The first kappa shape index (κ1) is 20.8. The summed E-state index contributed by atoms with van der Waals surface area (Å²) in [5.41, 5.74) is 14.0. The predicted molar refractivity (Wildman–Crippen MR) is 111 cm³/mol. The Kier molecular flexibility index (Phi) is 5.69. The lowest BCUT2D eigenvalue weighted by Crippen LogP contribution is -2.33. The minimum absolute atomic E-state index is 0.0145. The van der Waals surface area contributed by atoms with Gasteiger partial charge in [-0.15, -0.1) is 0 Å². The molecule has 2 heterocycles. The van der Waals surface area contributed by atoms with Crippen LogP contribution in [0.25, 0.3) is 5.57 Å². The molecule has 1 unspecified atom stereocenters. The Morgan fingerprint density at radius 3 is 2.80 bits per heavy atom. The first-order chi connectivity index (χ1) is 14.3. The topological polar surface area (TPSA) is 131 Å². The summed E-state index contributed by atoms with van der Waals surface area (Å²) in [6, 6.07) is 7.49. The van der Waals surface area contributed by atoms with Crippen LogP contribution < -0.4 is 16.2 Å². The minimum atomic E-state index is -0.702. The van der Waals surface area contributed by atoms with Gasteiger partial charge in [0.1, 0.15) is 23.7 Å². The summed E-state index contributed by atoms with van der Waals surface area (Å²) < 4.78 is 19.9. The van der Waals surface area contributed by atoms with E-state index in [-0.39, 0.29) is 41.0 Å².